The van der Waals surface area contributed by atoms with Gasteiger partial charge in [0, 0.05) is 22.2 Å². The van der Waals surface area contributed by atoms with Crippen molar-refractivity contribution in [3.63, 3.8) is 0 Å². The fourth-order valence-electron chi connectivity index (χ4n) is 3.50. The van der Waals surface area contributed by atoms with Crippen molar-refractivity contribution in [3.8, 4) is 0 Å². The Bertz CT molecular complexity index is 1530. The van der Waals surface area contributed by atoms with Crippen molar-refractivity contribution < 1.29 is 4.79 Å². The van der Waals surface area contributed by atoms with Gasteiger partial charge in [0.05, 0.1) is 12.0 Å². The highest BCUT2D eigenvalue weighted by atomic mass is 16.1. The Labute approximate surface area is 189 Å². The smallest absolute Gasteiger partial charge is 0.272 e. The van der Waals surface area contributed by atoms with Crippen LogP contribution in [0.5, 0.6) is 0 Å². The molecule has 0 atom stereocenters. The number of ketones is 1. The van der Waals surface area contributed by atoms with Crippen LogP contribution in [0.15, 0.2) is 70.5 Å². The molecule has 7 heteroatoms. The van der Waals surface area contributed by atoms with E-state index in [9.17, 15) is 14.4 Å². The lowest BCUT2D eigenvalue weighted by molar-refractivity contribution is 0.103. The van der Waals surface area contributed by atoms with Gasteiger partial charge in [-0.05, 0) is 17.7 Å². The third-order valence-corrected chi connectivity index (χ3v) is 5.21. The number of H-pyrrole nitrogens is 3. The summed E-state index contributed by atoms with van der Waals surface area (Å²) < 4.78 is 0. The molecule has 0 aliphatic heterocycles. The minimum Gasteiger partial charge on any atom is -0.348 e. The van der Waals surface area contributed by atoms with Gasteiger partial charge in [-0.3, -0.25) is 14.4 Å². The van der Waals surface area contributed by atoms with E-state index in [4.69, 9.17) is 0 Å². The molecular weight excluding hydrogens is 416 g/mol. The molecule has 0 amide bonds. The summed E-state index contributed by atoms with van der Waals surface area (Å²) >= 11 is 0. The predicted molar refractivity (Wildman–Crippen MR) is 128 cm³/mol. The van der Waals surface area contributed by atoms with Crippen LogP contribution in [0.25, 0.3) is 12.2 Å². The first-order chi connectivity index (χ1) is 15.7. The van der Waals surface area contributed by atoms with Crippen molar-refractivity contribution in [1.82, 2.24) is 19.9 Å². The van der Waals surface area contributed by atoms with Gasteiger partial charge < -0.3 is 15.0 Å². The Hall–Kier alpha value is -4.26. The Kier molecular flexibility index (Phi) is 5.79. The minimum atomic E-state index is -0.432. The SMILES string of the molecule is CC(C)(C)c1[nH]cnc1/C=c1\[nH]c(=O)/c(=C/c2ccc(C(=O)c3ccccc3)cc2)[nH]c1=O. The summed E-state index contributed by atoms with van der Waals surface area (Å²) in [5.41, 5.74) is 2.23. The van der Waals surface area contributed by atoms with Crippen molar-refractivity contribution in [1.29, 1.82) is 0 Å². The molecule has 33 heavy (non-hydrogen) atoms. The average molecular weight is 441 g/mol. The molecule has 166 valence electrons. The lowest BCUT2D eigenvalue weighted by atomic mass is 9.90. The second-order valence-corrected chi connectivity index (χ2v) is 8.75. The number of nitrogens with zero attached hydrogens (tertiary/aromatic N) is 1. The van der Waals surface area contributed by atoms with E-state index in [0.717, 1.165) is 5.69 Å². The van der Waals surface area contributed by atoms with Crippen LogP contribution in [-0.4, -0.2) is 25.7 Å². The second kappa shape index (κ2) is 8.70. The summed E-state index contributed by atoms with van der Waals surface area (Å²) in [6.07, 6.45) is 4.69. The second-order valence-electron chi connectivity index (χ2n) is 8.75. The molecule has 3 N–H and O–H groups in total. The molecule has 2 aromatic carbocycles. The fourth-order valence-corrected chi connectivity index (χ4v) is 3.50. The Morgan fingerprint density at radius 1 is 0.818 bits per heavy atom. The molecule has 2 heterocycles. The fraction of sp³-hybridized carbons (Fsp3) is 0.154. The van der Waals surface area contributed by atoms with Crippen LogP contribution in [0, 0.1) is 0 Å². The van der Waals surface area contributed by atoms with Gasteiger partial charge in [-0.25, -0.2) is 4.98 Å². The molecular formula is C26H24N4O3. The van der Waals surface area contributed by atoms with Crippen molar-refractivity contribution in [3.05, 3.63) is 120 Å². The van der Waals surface area contributed by atoms with Crippen molar-refractivity contribution >= 4 is 17.9 Å². The van der Waals surface area contributed by atoms with Crippen molar-refractivity contribution in [2.75, 3.05) is 0 Å². The van der Waals surface area contributed by atoms with E-state index in [1.165, 1.54) is 0 Å². The molecule has 0 saturated heterocycles. The molecule has 0 fully saturated rings. The monoisotopic (exact) mass is 440 g/mol. The lowest BCUT2D eigenvalue weighted by Gasteiger charge is -2.16. The van der Waals surface area contributed by atoms with Gasteiger partial charge >= 0.3 is 0 Å². The first-order valence-electron chi connectivity index (χ1n) is 10.5. The Morgan fingerprint density at radius 3 is 2.00 bits per heavy atom. The normalized spacial score (nSPS) is 12.8. The number of aromatic amines is 3. The number of hydrogen-bond acceptors (Lipinski definition) is 4. The maximum Gasteiger partial charge on any atom is 0.272 e. The highest BCUT2D eigenvalue weighted by Gasteiger charge is 2.19. The van der Waals surface area contributed by atoms with E-state index < -0.39 is 11.1 Å². The maximum atomic E-state index is 12.6. The zero-order valence-corrected chi connectivity index (χ0v) is 18.6. The van der Waals surface area contributed by atoms with Gasteiger partial charge in [0.1, 0.15) is 10.7 Å². The van der Waals surface area contributed by atoms with E-state index in [1.807, 2.05) is 39.0 Å². The standard InChI is InChI=1S/C26H24N4O3/c1-26(2,3)23-19(27-15-28-23)14-21-25(33)29-20(24(32)30-21)13-16-9-11-18(12-10-16)22(31)17-7-5-4-6-8-17/h4-15H,1-3H3,(H,27,28)(H,29,33)(H,30,32)/b20-13-,21-14-. The number of carbonyl (C=O) groups is 1. The number of aromatic nitrogens is 4. The molecule has 0 spiro atoms. The number of carbonyl (C=O) groups excluding carboxylic acids is 1. The number of hydrogen-bond donors (Lipinski definition) is 3. The number of benzene rings is 2. The lowest BCUT2D eigenvalue weighted by Crippen LogP contribution is -2.46. The zero-order chi connectivity index (χ0) is 23.6. The average Bonchev–Trinajstić information content (AvgIpc) is 3.27. The van der Waals surface area contributed by atoms with Crippen LogP contribution in [0.1, 0.15) is 53.6 Å². The van der Waals surface area contributed by atoms with Crippen LogP contribution < -0.4 is 21.8 Å². The van der Waals surface area contributed by atoms with Crippen LogP contribution in [-0.2, 0) is 5.41 Å². The first kappa shape index (κ1) is 22.0. The topological polar surface area (TPSA) is 111 Å². The third kappa shape index (κ3) is 4.82. The van der Waals surface area contributed by atoms with E-state index in [-0.39, 0.29) is 21.9 Å². The maximum absolute atomic E-state index is 12.6. The molecule has 0 unspecified atom stereocenters. The van der Waals surface area contributed by atoms with Crippen LogP contribution in [0.3, 0.4) is 0 Å². The molecule has 2 aromatic heterocycles. The van der Waals surface area contributed by atoms with Crippen molar-refractivity contribution in [2.24, 2.45) is 0 Å². The predicted octanol–water partition coefficient (Wildman–Crippen LogP) is 1.97. The van der Waals surface area contributed by atoms with Gasteiger partial charge in [-0.2, -0.15) is 0 Å². The molecule has 4 aromatic rings. The van der Waals surface area contributed by atoms with E-state index in [1.54, 1.807) is 54.9 Å². The quantitative estimate of drug-likeness (QED) is 0.421. The van der Waals surface area contributed by atoms with Crippen molar-refractivity contribution in [2.45, 2.75) is 26.2 Å². The zero-order valence-electron chi connectivity index (χ0n) is 18.6. The summed E-state index contributed by atoms with van der Waals surface area (Å²) in [6, 6.07) is 15.9. The van der Waals surface area contributed by atoms with Gasteiger partial charge in [0.25, 0.3) is 11.1 Å². The summed E-state index contributed by atoms with van der Waals surface area (Å²) in [4.78, 5) is 50.4. The minimum absolute atomic E-state index is 0.0821. The van der Waals surface area contributed by atoms with E-state index >= 15 is 0 Å². The van der Waals surface area contributed by atoms with Crippen LogP contribution in [0.2, 0.25) is 0 Å². The largest absolute Gasteiger partial charge is 0.348 e. The molecule has 4 rings (SSSR count). The molecule has 0 saturated carbocycles. The summed E-state index contributed by atoms with van der Waals surface area (Å²) in [7, 11) is 0. The first-order valence-corrected chi connectivity index (χ1v) is 10.5. The number of nitrogens with one attached hydrogen (secondary N) is 3. The summed E-state index contributed by atoms with van der Waals surface area (Å²) in [5.74, 6) is -0.0821. The van der Waals surface area contributed by atoms with E-state index in [0.29, 0.717) is 22.4 Å². The van der Waals surface area contributed by atoms with Gasteiger partial charge in [0.15, 0.2) is 5.78 Å². The highest BCUT2D eigenvalue weighted by molar-refractivity contribution is 6.09. The molecule has 7 nitrogen and oxygen atoms in total. The van der Waals surface area contributed by atoms with Gasteiger partial charge in [-0.15, -0.1) is 0 Å². The van der Waals surface area contributed by atoms with E-state index in [2.05, 4.69) is 19.9 Å². The van der Waals surface area contributed by atoms with Crippen LogP contribution in [0.4, 0.5) is 0 Å². The number of imidazole rings is 1. The molecule has 0 radical (unpaired) electrons. The van der Waals surface area contributed by atoms with Crippen LogP contribution >= 0.6 is 0 Å². The Balaban J connectivity index is 1.67. The summed E-state index contributed by atoms with van der Waals surface area (Å²) in [5, 5.41) is 0.246. The molecule has 0 bridgehead atoms. The Morgan fingerprint density at radius 2 is 1.39 bits per heavy atom. The summed E-state index contributed by atoms with van der Waals surface area (Å²) in [6.45, 7) is 6.09. The molecule has 0 aliphatic rings. The van der Waals surface area contributed by atoms with Gasteiger partial charge in [-0.1, -0.05) is 75.4 Å². The third-order valence-electron chi connectivity index (χ3n) is 5.21. The number of rotatable bonds is 4. The van der Waals surface area contributed by atoms with Gasteiger partial charge in [0.2, 0.25) is 0 Å². The molecule has 0 aliphatic carbocycles. The highest BCUT2D eigenvalue weighted by Crippen LogP contribution is 2.22.